The van der Waals surface area contributed by atoms with Crippen molar-refractivity contribution in [1.29, 1.82) is 0 Å². The molecule has 0 aliphatic carbocycles. The van der Waals surface area contributed by atoms with Gasteiger partial charge in [0.05, 0.1) is 6.04 Å². The molecule has 1 fully saturated rings. The number of carbonyl (C=O) groups excluding carboxylic acids is 1. The van der Waals surface area contributed by atoms with E-state index >= 15 is 0 Å². The first kappa shape index (κ1) is 15.8. The standard InChI is InChI=1S/C16H25N3O2/c1-2-4-15(17)16(21)19-9-7-18(8-10-19)12-13-5-3-6-14(20)11-13/h3,5-6,11,15,20H,2,4,7-10,12,17H2,1H3. The van der Waals surface area contributed by atoms with E-state index in [1.807, 2.05) is 24.0 Å². The van der Waals surface area contributed by atoms with Crippen molar-refractivity contribution in [2.75, 3.05) is 26.2 Å². The maximum Gasteiger partial charge on any atom is 0.239 e. The molecule has 1 aliphatic rings. The van der Waals surface area contributed by atoms with E-state index in [1.54, 1.807) is 12.1 Å². The van der Waals surface area contributed by atoms with Crippen LogP contribution in [-0.2, 0) is 11.3 Å². The van der Waals surface area contributed by atoms with Gasteiger partial charge in [0.15, 0.2) is 0 Å². The number of nitrogens with two attached hydrogens (primary N) is 1. The molecule has 2 rings (SSSR count). The zero-order valence-corrected chi connectivity index (χ0v) is 12.7. The number of rotatable bonds is 5. The SMILES string of the molecule is CCCC(N)C(=O)N1CCN(Cc2cccc(O)c2)CC1. The van der Waals surface area contributed by atoms with Crippen molar-refractivity contribution < 1.29 is 9.90 Å². The number of phenolic OH excluding ortho intramolecular Hbond substituents is 1. The minimum atomic E-state index is -0.354. The van der Waals surface area contributed by atoms with Crippen LogP contribution in [0.25, 0.3) is 0 Å². The Bertz CT molecular complexity index is 470. The molecular weight excluding hydrogens is 266 g/mol. The van der Waals surface area contributed by atoms with Gasteiger partial charge in [0.2, 0.25) is 5.91 Å². The van der Waals surface area contributed by atoms with Crippen LogP contribution < -0.4 is 5.73 Å². The summed E-state index contributed by atoms with van der Waals surface area (Å²) in [5.41, 5.74) is 7.00. The molecule has 0 radical (unpaired) electrons. The zero-order chi connectivity index (χ0) is 15.2. The fourth-order valence-electron chi connectivity index (χ4n) is 2.71. The number of amides is 1. The smallest absolute Gasteiger partial charge is 0.239 e. The van der Waals surface area contributed by atoms with Gasteiger partial charge >= 0.3 is 0 Å². The van der Waals surface area contributed by atoms with Gasteiger partial charge in [-0.15, -0.1) is 0 Å². The van der Waals surface area contributed by atoms with Crippen LogP contribution in [0.3, 0.4) is 0 Å². The Balaban J connectivity index is 1.82. The molecule has 0 saturated carbocycles. The van der Waals surface area contributed by atoms with E-state index in [4.69, 9.17) is 5.73 Å². The summed E-state index contributed by atoms with van der Waals surface area (Å²) in [5.74, 6) is 0.376. The van der Waals surface area contributed by atoms with E-state index in [2.05, 4.69) is 4.90 Å². The molecule has 0 bridgehead atoms. The van der Waals surface area contributed by atoms with Crippen LogP contribution in [0.5, 0.6) is 5.75 Å². The lowest BCUT2D eigenvalue weighted by molar-refractivity contribution is -0.134. The lowest BCUT2D eigenvalue weighted by Gasteiger charge is -2.36. The van der Waals surface area contributed by atoms with Crippen molar-refractivity contribution in [2.24, 2.45) is 5.73 Å². The first-order valence-electron chi connectivity index (χ1n) is 7.64. The molecule has 1 amide bonds. The molecule has 21 heavy (non-hydrogen) atoms. The van der Waals surface area contributed by atoms with E-state index in [0.717, 1.165) is 51.1 Å². The van der Waals surface area contributed by atoms with Crippen molar-refractivity contribution >= 4 is 5.91 Å². The largest absolute Gasteiger partial charge is 0.508 e. The molecule has 5 heteroatoms. The Morgan fingerprint density at radius 1 is 1.33 bits per heavy atom. The molecule has 0 aromatic heterocycles. The average molecular weight is 291 g/mol. The summed E-state index contributed by atoms with van der Waals surface area (Å²) in [7, 11) is 0. The Morgan fingerprint density at radius 3 is 2.67 bits per heavy atom. The molecule has 1 heterocycles. The van der Waals surface area contributed by atoms with E-state index in [-0.39, 0.29) is 11.9 Å². The molecule has 1 saturated heterocycles. The van der Waals surface area contributed by atoms with Gasteiger partial charge < -0.3 is 15.7 Å². The maximum atomic E-state index is 12.1. The van der Waals surface area contributed by atoms with Gasteiger partial charge in [-0.3, -0.25) is 9.69 Å². The summed E-state index contributed by atoms with van der Waals surface area (Å²) in [5, 5.41) is 9.48. The number of hydrogen-bond donors (Lipinski definition) is 2. The van der Waals surface area contributed by atoms with Crippen LogP contribution >= 0.6 is 0 Å². The Hall–Kier alpha value is -1.59. The number of carbonyl (C=O) groups is 1. The van der Waals surface area contributed by atoms with Gasteiger partial charge in [-0.05, 0) is 24.1 Å². The highest BCUT2D eigenvalue weighted by Gasteiger charge is 2.24. The molecule has 116 valence electrons. The first-order valence-corrected chi connectivity index (χ1v) is 7.64. The average Bonchev–Trinajstić information content (AvgIpc) is 2.47. The highest BCUT2D eigenvalue weighted by molar-refractivity contribution is 5.81. The van der Waals surface area contributed by atoms with Gasteiger partial charge in [0.25, 0.3) is 0 Å². The lowest BCUT2D eigenvalue weighted by Crippen LogP contribution is -2.52. The minimum Gasteiger partial charge on any atom is -0.508 e. The molecule has 1 aliphatic heterocycles. The second-order valence-electron chi connectivity index (χ2n) is 5.67. The molecule has 5 nitrogen and oxygen atoms in total. The quantitative estimate of drug-likeness (QED) is 0.854. The molecule has 3 N–H and O–H groups in total. The van der Waals surface area contributed by atoms with Crippen molar-refractivity contribution in [3.8, 4) is 5.75 Å². The third-order valence-electron chi connectivity index (χ3n) is 3.92. The van der Waals surface area contributed by atoms with Crippen LogP contribution in [0.2, 0.25) is 0 Å². The Kier molecular flexibility index (Phi) is 5.59. The van der Waals surface area contributed by atoms with Crippen LogP contribution in [-0.4, -0.2) is 53.0 Å². The second-order valence-corrected chi connectivity index (χ2v) is 5.67. The van der Waals surface area contributed by atoms with Crippen molar-refractivity contribution in [2.45, 2.75) is 32.4 Å². The molecule has 1 aromatic carbocycles. The number of nitrogens with zero attached hydrogens (tertiary/aromatic N) is 2. The van der Waals surface area contributed by atoms with Gasteiger partial charge in [-0.25, -0.2) is 0 Å². The van der Waals surface area contributed by atoms with Crippen LogP contribution in [0, 0.1) is 0 Å². The number of aromatic hydroxyl groups is 1. The van der Waals surface area contributed by atoms with Crippen LogP contribution in [0.4, 0.5) is 0 Å². The van der Waals surface area contributed by atoms with Gasteiger partial charge in [0, 0.05) is 32.7 Å². The number of hydrogen-bond acceptors (Lipinski definition) is 4. The van der Waals surface area contributed by atoms with Crippen molar-refractivity contribution in [3.63, 3.8) is 0 Å². The summed E-state index contributed by atoms with van der Waals surface area (Å²) in [6, 6.07) is 6.97. The zero-order valence-electron chi connectivity index (χ0n) is 12.7. The number of benzene rings is 1. The van der Waals surface area contributed by atoms with Crippen molar-refractivity contribution in [1.82, 2.24) is 9.80 Å². The second kappa shape index (κ2) is 7.43. The molecule has 0 spiro atoms. The summed E-state index contributed by atoms with van der Waals surface area (Å²) >= 11 is 0. The van der Waals surface area contributed by atoms with E-state index < -0.39 is 0 Å². The predicted octanol–water partition coefficient (Wildman–Crippen LogP) is 1.16. The third kappa shape index (κ3) is 4.44. The summed E-state index contributed by atoms with van der Waals surface area (Å²) in [6.45, 7) is 6.00. The molecular formula is C16H25N3O2. The highest BCUT2D eigenvalue weighted by atomic mass is 16.3. The maximum absolute atomic E-state index is 12.1. The lowest BCUT2D eigenvalue weighted by atomic mass is 10.1. The minimum absolute atomic E-state index is 0.0776. The van der Waals surface area contributed by atoms with E-state index in [9.17, 15) is 9.90 Å². The van der Waals surface area contributed by atoms with Crippen molar-refractivity contribution in [3.05, 3.63) is 29.8 Å². The normalized spacial score (nSPS) is 17.7. The fourth-order valence-corrected chi connectivity index (χ4v) is 2.71. The van der Waals surface area contributed by atoms with Gasteiger partial charge in [-0.2, -0.15) is 0 Å². The fraction of sp³-hybridized carbons (Fsp3) is 0.562. The molecule has 1 atom stereocenters. The predicted molar refractivity (Wildman–Crippen MR) is 82.8 cm³/mol. The summed E-state index contributed by atoms with van der Waals surface area (Å²) < 4.78 is 0. The third-order valence-corrected chi connectivity index (χ3v) is 3.92. The van der Waals surface area contributed by atoms with Crippen LogP contribution in [0.15, 0.2) is 24.3 Å². The molecule has 1 unspecified atom stereocenters. The monoisotopic (exact) mass is 291 g/mol. The number of phenols is 1. The molecule has 1 aromatic rings. The Morgan fingerprint density at radius 2 is 2.05 bits per heavy atom. The van der Waals surface area contributed by atoms with E-state index in [1.165, 1.54) is 0 Å². The highest BCUT2D eigenvalue weighted by Crippen LogP contribution is 2.14. The van der Waals surface area contributed by atoms with E-state index in [0.29, 0.717) is 5.75 Å². The van der Waals surface area contributed by atoms with Gasteiger partial charge in [0.1, 0.15) is 5.75 Å². The van der Waals surface area contributed by atoms with Crippen LogP contribution in [0.1, 0.15) is 25.3 Å². The first-order chi connectivity index (χ1) is 10.1. The summed E-state index contributed by atoms with van der Waals surface area (Å²) in [6.07, 6.45) is 1.69. The topological polar surface area (TPSA) is 69.8 Å². The number of piperazine rings is 1. The van der Waals surface area contributed by atoms with Gasteiger partial charge in [-0.1, -0.05) is 25.5 Å². The Labute approximate surface area is 126 Å². The summed E-state index contributed by atoms with van der Waals surface area (Å²) in [4.78, 5) is 16.3.